The molecule has 3 nitrogen and oxygen atoms in total. The van der Waals surface area contributed by atoms with E-state index in [9.17, 15) is 4.79 Å². The van der Waals surface area contributed by atoms with Gasteiger partial charge < -0.3 is 5.11 Å². The summed E-state index contributed by atoms with van der Waals surface area (Å²) in [6.07, 6.45) is 6.59. The minimum Gasteiger partial charge on any atom is -0.478 e. The van der Waals surface area contributed by atoms with Crippen molar-refractivity contribution < 1.29 is 9.90 Å². The molecule has 0 atom stereocenters. The maximum absolute atomic E-state index is 10.5. The van der Waals surface area contributed by atoms with E-state index < -0.39 is 5.97 Å². The molecule has 1 aromatic heterocycles. The Kier molecular flexibility index (Phi) is 2.58. The summed E-state index contributed by atoms with van der Waals surface area (Å²) in [6, 6.07) is 1.58. The van der Waals surface area contributed by atoms with E-state index in [1.165, 1.54) is 6.20 Å². The average Bonchev–Trinajstić information content (AvgIpc) is 2.05. The van der Waals surface area contributed by atoms with Gasteiger partial charge in [0, 0.05) is 12.4 Å². The molecule has 1 heterocycles. The van der Waals surface area contributed by atoms with Crippen molar-refractivity contribution in [3.63, 3.8) is 0 Å². The highest BCUT2D eigenvalue weighted by atomic mass is 16.4. The molecule has 0 aliphatic heterocycles. The molecule has 0 saturated heterocycles. The first-order valence-electron chi connectivity index (χ1n) is 3.55. The first-order chi connectivity index (χ1) is 5.74. The first kappa shape index (κ1) is 8.46. The van der Waals surface area contributed by atoms with Gasteiger partial charge in [0.1, 0.15) is 0 Å². The molecule has 0 saturated carbocycles. The lowest BCUT2D eigenvalue weighted by Gasteiger charge is -1.94. The van der Waals surface area contributed by atoms with Gasteiger partial charge in [-0.25, -0.2) is 4.79 Å². The number of hydrogen-bond acceptors (Lipinski definition) is 2. The average molecular weight is 163 g/mol. The topological polar surface area (TPSA) is 50.2 Å². The van der Waals surface area contributed by atoms with Crippen LogP contribution >= 0.6 is 0 Å². The molecule has 3 heteroatoms. The number of carboxylic acids is 1. The Morgan fingerprint density at radius 3 is 2.92 bits per heavy atom. The molecule has 1 N–H and O–H groups in total. The van der Waals surface area contributed by atoms with Gasteiger partial charge in [0.2, 0.25) is 0 Å². The van der Waals surface area contributed by atoms with Gasteiger partial charge in [-0.05, 0) is 18.6 Å². The number of carbonyl (C=O) groups is 1. The van der Waals surface area contributed by atoms with Crippen LogP contribution in [0.4, 0.5) is 0 Å². The van der Waals surface area contributed by atoms with Crippen molar-refractivity contribution in [2.24, 2.45) is 0 Å². The van der Waals surface area contributed by atoms with Crippen molar-refractivity contribution in [2.45, 2.75) is 6.92 Å². The molecular formula is C9H9NO2. The number of rotatable bonds is 2. The fourth-order valence-electron chi connectivity index (χ4n) is 0.858. The molecule has 1 aromatic rings. The summed E-state index contributed by atoms with van der Waals surface area (Å²) < 4.78 is 0. The van der Waals surface area contributed by atoms with Crippen LogP contribution in [0.5, 0.6) is 0 Å². The maximum Gasteiger partial charge on any atom is 0.337 e. The van der Waals surface area contributed by atoms with E-state index in [1.807, 2.05) is 13.0 Å². The second-order valence-electron chi connectivity index (χ2n) is 2.31. The molecular weight excluding hydrogens is 154 g/mol. The lowest BCUT2D eigenvalue weighted by atomic mass is 10.2. The van der Waals surface area contributed by atoms with Crippen molar-refractivity contribution in [3.8, 4) is 0 Å². The van der Waals surface area contributed by atoms with Gasteiger partial charge in [-0.2, -0.15) is 0 Å². The largest absolute Gasteiger partial charge is 0.478 e. The van der Waals surface area contributed by atoms with Crippen LogP contribution in [0, 0.1) is 0 Å². The molecule has 0 fully saturated rings. The molecule has 0 spiro atoms. The lowest BCUT2D eigenvalue weighted by Crippen LogP contribution is -1.96. The van der Waals surface area contributed by atoms with E-state index in [0.29, 0.717) is 0 Å². The predicted molar refractivity (Wildman–Crippen MR) is 45.9 cm³/mol. The Morgan fingerprint density at radius 1 is 1.58 bits per heavy atom. The van der Waals surface area contributed by atoms with Crippen LogP contribution in [0.2, 0.25) is 0 Å². The van der Waals surface area contributed by atoms with E-state index in [0.717, 1.165) is 5.56 Å². The van der Waals surface area contributed by atoms with Gasteiger partial charge in [-0.1, -0.05) is 12.2 Å². The molecule has 1 rings (SSSR count). The molecule has 0 aliphatic rings. The van der Waals surface area contributed by atoms with E-state index in [4.69, 9.17) is 5.11 Å². The highest BCUT2D eigenvalue weighted by Gasteiger charge is 2.01. The summed E-state index contributed by atoms with van der Waals surface area (Å²) in [6.45, 7) is 1.87. The number of pyridine rings is 1. The number of nitrogens with zero attached hydrogens (tertiary/aromatic N) is 1. The number of aromatic nitrogens is 1. The zero-order valence-electron chi connectivity index (χ0n) is 6.69. The van der Waals surface area contributed by atoms with Crippen LogP contribution in [0.25, 0.3) is 6.08 Å². The second kappa shape index (κ2) is 3.67. The zero-order valence-corrected chi connectivity index (χ0v) is 6.69. The normalized spacial score (nSPS) is 10.4. The third-order valence-electron chi connectivity index (χ3n) is 1.37. The van der Waals surface area contributed by atoms with Gasteiger partial charge in [0.15, 0.2) is 0 Å². The monoisotopic (exact) mass is 163 g/mol. The number of aromatic carboxylic acids is 1. The van der Waals surface area contributed by atoms with E-state index in [2.05, 4.69) is 4.98 Å². The van der Waals surface area contributed by atoms with Crippen molar-refractivity contribution in [1.29, 1.82) is 0 Å². The molecule has 0 amide bonds. The van der Waals surface area contributed by atoms with Gasteiger partial charge in [-0.3, -0.25) is 4.98 Å². The SMILES string of the molecule is C/C=C/c1cncc(C(=O)O)c1. The van der Waals surface area contributed by atoms with Crippen LogP contribution in [0.15, 0.2) is 24.5 Å². The van der Waals surface area contributed by atoms with Crippen molar-refractivity contribution in [3.05, 3.63) is 35.7 Å². The molecule has 0 radical (unpaired) electrons. The first-order valence-corrected chi connectivity index (χ1v) is 3.55. The van der Waals surface area contributed by atoms with Gasteiger partial charge in [0.25, 0.3) is 0 Å². The van der Waals surface area contributed by atoms with Crippen molar-refractivity contribution in [2.75, 3.05) is 0 Å². The predicted octanol–water partition coefficient (Wildman–Crippen LogP) is 1.81. The van der Waals surface area contributed by atoms with Crippen LogP contribution in [-0.2, 0) is 0 Å². The minimum absolute atomic E-state index is 0.214. The molecule has 62 valence electrons. The van der Waals surface area contributed by atoms with Crippen LogP contribution < -0.4 is 0 Å². The Balaban J connectivity index is 3.03. The zero-order chi connectivity index (χ0) is 8.97. The molecule has 0 aliphatic carbocycles. The van der Waals surface area contributed by atoms with Crippen molar-refractivity contribution >= 4 is 12.0 Å². The maximum atomic E-state index is 10.5. The van der Waals surface area contributed by atoms with Crippen LogP contribution in [-0.4, -0.2) is 16.1 Å². The fraction of sp³-hybridized carbons (Fsp3) is 0.111. The molecule has 0 aromatic carbocycles. The standard InChI is InChI=1S/C9H9NO2/c1-2-3-7-4-8(9(11)12)6-10-5-7/h2-6H,1H3,(H,11,12)/b3-2+. The Morgan fingerprint density at radius 2 is 2.33 bits per heavy atom. The van der Waals surface area contributed by atoms with Gasteiger partial charge in [-0.15, -0.1) is 0 Å². The number of hydrogen-bond donors (Lipinski definition) is 1. The lowest BCUT2D eigenvalue weighted by molar-refractivity contribution is 0.0696. The molecule has 0 bridgehead atoms. The summed E-state index contributed by atoms with van der Waals surface area (Å²) in [4.78, 5) is 14.3. The van der Waals surface area contributed by atoms with Gasteiger partial charge >= 0.3 is 5.97 Å². The Hall–Kier alpha value is -1.64. The molecule has 0 unspecified atom stereocenters. The third kappa shape index (κ3) is 1.92. The minimum atomic E-state index is -0.950. The summed E-state index contributed by atoms with van der Waals surface area (Å²) in [7, 11) is 0. The van der Waals surface area contributed by atoms with Crippen LogP contribution in [0.3, 0.4) is 0 Å². The van der Waals surface area contributed by atoms with E-state index in [-0.39, 0.29) is 5.56 Å². The van der Waals surface area contributed by atoms with E-state index >= 15 is 0 Å². The summed E-state index contributed by atoms with van der Waals surface area (Å²) in [5.74, 6) is -0.950. The van der Waals surface area contributed by atoms with Gasteiger partial charge in [0.05, 0.1) is 5.56 Å². The smallest absolute Gasteiger partial charge is 0.337 e. The van der Waals surface area contributed by atoms with Crippen molar-refractivity contribution in [1.82, 2.24) is 4.98 Å². The molecule has 12 heavy (non-hydrogen) atoms. The second-order valence-corrected chi connectivity index (χ2v) is 2.31. The number of carboxylic acid groups (broad SMARTS) is 1. The fourth-order valence-corrected chi connectivity index (χ4v) is 0.858. The Bertz CT molecular complexity index is 318. The highest BCUT2D eigenvalue weighted by molar-refractivity contribution is 5.87. The third-order valence-corrected chi connectivity index (χ3v) is 1.37. The quantitative estimate of drug-likeness (QED) is 0.723. The highest BCUT2D eigenvalue weighted by Crippen LogP contribution is 2.04. The number of allylic oxidation sites excluding steroid dienone is 1. The van der Waals surface area contributed by atoms with E-state index in [1.54, 1.807) is 18.3 Å². The Labute approximate surface area is 70.4 Å². The summed E-state index contributed by atoms with van der Waals surface area (Å²) in [5, 5.41) is 8.61. The summed E-state index contributed by atoms with van der Waals surface area (Å²) in [5.41, 5.74) is 1.02. The summed E-state index contributed by atoms with van der Waals surface area (Å²) >= 11 is 0. The van der Waals surface area contributed by atoms with Crippen LogP contribution in [0.1, 0.15) is 22.8 Å².